The van der Waals surface area contributed by atoms with E-state index in [0.717, 1.165) is 5.56 Å². The lowest BCUT2D eigenvalue weighted by Crippen LogP contribution is -2.10. The summed E-state index contributed by atoms with van der Waals surface area (Å²) in [6.07, 6.45) is 1.48. The van der Waals surface area contributed by atoms with Crippen LogP contribution >= 0.6 is 0 Å². The highest BCUT2D eigenvalue weighted by Crippen LogP contribution is 2.22. The third-order valence-electron chi connectivity index (χ3n) is 3.10. The van der Waals surface area contributed by atoms with Gasteiger partial charge in [0, 0.05) is 5.56 Å². The van der Waals surface area contributed by atoms with Gasteiger partial charge in [0.15, 0.2) is 0 Å². The molecule has 0 N–H and O–H groups in total. The first-order valence-electron chi connectivity index (χ1n) is 7.29. The first kappa shape index (κ1) is 16.5. The van der Waals surface area contributed by atoms with Crippen LogP contribution in [0.4, 0.5) is 0 Å². The van der Waals surface area contributed by atoms with Crippen molar-refractivity contribution in [1.29, 1.82) is 0 Å². The molecule has 0 aliphatic heterocycles. The maximum atomic E-state index is 12.1. The monoisotopic (exact) mass is 313 g/mol. The minimum absolute atomic E-state index is 0.290. The number of benzene rings is 2. The van der Waals surface area contributed by atoms with E-state index >= 15 is 0 Å². The molecule has 2 aromatic rings. The molecule has 0 bridgehead atoms. The molecule has 0 atom stereocenters. The maximum absolute atomic E-state index is 12.1. The van der Waals surface area contributed by atoms with Crippen molar-refractivity contribution in [2.45, 2.75) is 13.5 Å². The average molecular weight is 313 g/mol. The number of hydrogen-bond donors (Lipinski definition) is 0. The zero-order valence-electron chi connectivity index (χ0n) is 13.2. The standard InChI is InChI=1S/C18H19NO4/c1-3-22-18(20)17-15(10-7-11-16(17)21-2)12-19-23-13-14-8-5-4-6-9-14/h4-12H,3,13H2,1-2H3/b19-12-. The van der Waals surface area contributed by atoms with Crippen LogP contribution in [0, 0.1) is 0 Å². The van der Waals surface area contributed by atoms with Crippen molar-refractivity contribution in [3.05, 3.63) is 65.2 Å². The summed E-state index contributed by atoms with van der Waals surface area (Å²) in [6.45, 7) is 2.40. The van der Waals surface area contributed by atoms with Crippen molar-refractivity contribution in [3.63, 3.8) is 0 Å². The fourth-order valence-electron chi connectivity index (χ4n) is 2.03. The molecule has 0 amide bonds. The van der Waals surface area contributed by atoms with E-state index in [0.29, 0.717) is 23.5 Å². The molecule has 0 unspecified atom stereocenters. The van der Waals surface area contributed by atoms with E-state index in [1.165, 1.54) is 13.3 Å². The Labute approximate surface area is 135 Å². The van der Waals surface area contributed by atoms with Crippen LogP contribution in [0.5, 0.6) is 5.75 Å². The Morgan fingerprint density at radius 2 is 1.91 bits per heavy atom. The topological polar surface area (TPSA) is 57.1 Å². The number of carbonyl (C=O) groups excluding carboxylic acids is 1. The summed E-state index contributed by atoms with van der Waals surface area (Å²) >= 11 is 0. The zero-order valence-corrected chi connectivity index (χ0v) is 13.2. The largest absolute Gasteiger partial charge is 0.496 e. The Morgan fingerprint density at radius 1 is 1.13 bits per heavy atom. The molecule has 23 heavy (non-hydrogen) atoms. The van der Waals surface area contributed by atoms with Gasteiger partial charge in [-0.05, 0) is 18.6 Å². The third-order valence-corrected chi connectivity index (χ3v) is 3.10. The molecular formula is C18H19NO4. The van der Waals surface area contributed by atoms with Crippen LogP contribution in [0.25, 0.3) is 0 Å². The molecule has 0 heterocycles. The highest BCUT2D eigenvalue weighted by Gasteiger charge is 2.17. The van der Waals surface area contributed by atoms with Crippen molar-refractivity contribution < 1.29 is 19.1 Å². The van der Waals surface area contributed by atoms with Gasteiger partial charge in [-0.3, -0.25) is 0 Å². The molecule has 0 fully saturated rings. The van der Waals surface area contributed by atoms with Gasteiger partial charge in [0.25, 0.3) is 0 Å². The van der Waals surface area contributed by atoms with Crippen LogP contribution in [0.3, 0.4) is 0 Å². The molecular weight excluding hydrogens is 294 g/mol. The van der Waals surface area contributed by atoms with Gasteiger partial charge in [-0.15, -0.1) is 0 Å². The molecule has 2 aromatic carbocycles. The first-order valence-corrected chi connectivity index (χ1v) is 7.29. The Hall–Kier alpha value is -2.82. The molecule has 2 rings (SSSR count). The summed E-state index contributed by atoms with van der Waals surface area (Å²) in [5, 5.41) is 3.93. The highest BCUT2D eigenvalue weighted by atomic mass is 16.6. The molecule has 0 saturated carbocycles. The quantitative estimate of drug-likeness (QED) is 0.446. The Morgan fingerprint density at radius 3 is 2.61 bits per heavy atom. The number of nitrogens with zero attached hydrogens (tertiary/aromatic N) is 1. The first-order chi connectivity index (χ1) is 11.3. The molecule has 0 radical (unpaired) electrons. The minimum atomic E-state index is -0.450. The summed E-state index contributed by atoms with van der Waals surface area (Å²) in [5.41, 5.74) is 1.93. The van der Waals surface area contributed by atoms with E-state index in [-0.39, 0.29) is 6.61 Å². The Bertz CT molecular complexity index is 668. The number of methoxy groups -OCH3 is 1. The summed E-state index contributed by atoms with van der Waals surface area (Å²) < 4.78 is 10.3. The van der Waals surface area contributed by atoms with Crippen molar-refractivity contribution in [3.8, 4) is 5.75 Å². The van der Waals surface area contributed by atoms with Gasteiger partial charge in [0.2, 0.25) is 0 Å². The van der Waals surface area contributed by atoms with E-state index in [9.17, 15) is 4.79 Å². The number of hydrogen-bond acceptors (Lipinski definition) is 5. The maximum Gasteiger partial charge on any atom is 0.342 e. The smallest absolute Gasteiger partial charge is 0.342 e. The van der Waals surface area contributed by atoms with Crippen LogP contribution in [-0.2, 0) is 16.2 Å². The van der Waals surface area contributed by atoms with Crippen LogP contribution < -0.4 is 4.74 Å². The number of oxime groups is 1. The van der Waals surface area contributed by atoms with Crippen molar-refractivity contribution in [2.24, 2.45) is 5.16 Å². The molecule has 0 saturated heterocycles. The summed E-state index contributed by atoms with van der Waals surface area (Å²) in [7, 11) is 1.50. The second kappa shape index (κ2) is 8.58. The summed E-state index contributed by atoms with van der Waals surface area (Å²) in [5.74, 6) is -0.00933. The second-order valence-corrected chi connectivity index (χ2v) is 4.64. The molecule has 0 spiro atoms. The number of ether oxygens (including phenoxy) is 2. The lowest BCUT2D eigenvalue weighted by molar-refractivity contribution is 0.0522. The number of carbonyl (C=O) groups is 1. The van der Waals surface area contributed by atoms with Gasteiger partial charge in [-0.2, -0.15) is 0 Å². The second-order valence-electron chi connectivity index (χ2n) is 4.64. The van der Waals surface area contributed by atoms with E-state index in [1.807, 2.05) is 30.3 Å². The number of esters is 1. The van der Waals surface area contributed by atoms with Crippen LogP contribution in [0.15, 0.2) is 53.7 Å². The van der Waals surface area contributed by atoms with Crippen molar-refractivity contribution in [1.82, 2.24) is 0 Å². The fraction of sp³-hybridized carbons (Fsp3) is 0.222. The summed E-state index contributed by atoms with van der Waals surface area (Å²) in [6, 6.07) is 14.9. The normalized spacial score (nSPS) is 10.5. The van der Waals surface area contributed by atoms with Gasteiger partial charge in [-0.1, -0.05) is 47.6 Å². The van der Waals surface area contributed by atoms with Crippen LogP contribution in [-0.4, -0.2) is 25.9 Å². The van der Waals surface area contributed by atoms with E-state index in [4.69, 9.17) is 14.3 Å². The zero-order chi connectivity index (χ0) is 16.5. The van der Waals surface area contributed by atoms with E-state index < -0.39 is 5.97 Å². The fourth-order valence-corrected chi connectivity index (χ4v) is 2.03. The lowest BCUT2D eigenvalue weighted by Gasteiger charge is -2.10. The van der Waals surface area contributed by atoms with Gasteiger partial charge >= 0.3 is 5.97 Å². The molecule has 0 aromatic heterocycles. The molecule has 5 heteroatoms. The Kier molecular flexibility index (Phi) is 6.17. The minimum Gasteiger partial charge on any atom is -0.496 e. The highest BCUT2D eigenvalue weighted by molar-refractivity contribution is 6.01. The predicted molar refractivity (Wildman–Crippen MR) is 87.8 cm³/mol. The van der Waals surface area contributed by atoms with E-state index in [1.54, 1.807) is 25.1 Å². The molecule has 0 aliphatic carbocycles. The van der Waals surface area contributed by atoms with Gasteiger partial charge in [0.1, 0.15) is 17.9 Å². The van der Waals surface area contributed by atoms with Crippen LogP contribution in [0.1, 0.15) is 28.4 Å². The van der Waals surface area contributed by atoms with Gasteiger partial charge in [-0.25, -0.2) is 4.79 Å². The summed E-state index contributed by atoms with van der Waals surface area (Å²) in [4.78, 5) is 17.4. The lowest BCUT2D eigenvalue weighted by atomic mass is 10.1. The SMILES string of the molecule is CCOC(=O)c1c(/C=N\OCc2ccccc2)cccc1OC. The predicted octanol–water partition coefficient (Wildman–Crippen LogP) is 3.42. The van der Waals surface area contributed by atoms with Crippen molar-refractivity contribution in [2.75, 3.05) is 13.7 Å². The molecule has 120 valence electrons. The molecule has 5 nitrogen and oxygen atoms in total. The average Bonchev–Trinajstić information content (AvgIpc) is 2.59. The van der Waals surface area contributed by atoms with Gasteiger partial charge in [0.05, 0.1) is 19.9 Å². The third kappa shape index (κ3) is 4.57. The van der Waals surface area contributed by atoms with E-state index in [2.05, 4.69) is 5.16 Å². The van der Waals surface area contributed by atoms with Crippen LogP contribution in [0.2, 0.25) is 0 Å². The van der Waals surface area contributed by atoms with Crippen molar-refractivity contribution >= 4 is 12.2 Å². The molecule has 0 aliphatic rings. The van der Waals surface area contributed by atoms with Gasteiger partial charge < -0.3 is 14.3 Å². The Balaban J connectivity index is 2.12. The number of rotatable bonds is 7.